The third kappa shape index (κ3) is 6.57. The van der Waals surface area contributed by atoms with Gasteiger partial charge in [-0.1, -0.05) is 41.0 Å². The molecule has 4 N–H and O–H groups in total. The Morgan fingerprint density at radius 2 is 1.84 bits per heavy atom. The second-order valence-electron chi connectivity index (χ2n) is 6.41. The molecule has 0 aliphatic carbocycles. The first-order chi connectivity index (χ1) is 8.62. The van der Waals surface area contributed by atoms with Gasteiger partial charge in [-0.3, -0.25) is 4.79 Å². The number of carbonyl (C=O) groups excluding carboxylic acids is 1. The fourth-order valence-electron chi connectivity index (χ4n) is 1.98. The number of carboxylic acids is 1. The molecule has 112 valence electrons. The first-order valence-electron chi connectivity index (χ1n) is 6.85. The Labute approximate surface area is 115 Å². The summed E-state index contributed by atoms with van der Waals surface area (Å²) in [6.07, 6.45) is 1.34. The molecule has 0 rings (SSSR count). The van der Waals surface area contributed by atoms with Crippen LogP contribution in [0, 0.1) is 17.3 Å². The van der Waals surface area contributed by atoms with E-state index in [1.54, 1.807) is 0 Å². The van der Waals surface area contributed by atoms with Crippen LogP contribution < -0.4 is 11.1 Å². The van der Waals surface area contributed by atoms with Crippen molar-refractivity contribution in [3.8, 4) is 0 Å². The predicted octanol–water partition coefficient (Wildman–Crippen LogP) is 1.61. The normalized spacial score (nSPS) is 16.5. The maximum absolute atomic E-state index is 12.1. The van der Waals surface area contributed by atoms with Gasteiger partial charge in [-0.25, -0.2) is 4.79 Å². The van der Waals surface area contributed by atoms with E-state index in [9.17, 15) is 9.59 Å². The number of nitrogens with two attached hydrogens (primary N) is 1. The van der Waals surface area contributed by atoms with Gasteiger partial charge in [0.05, 0.1) is 5.92 Å². The van der Waals surface area contributed by atoms with Gasteiger partial charge in [-0.15, -0.1) is 0 Å². The van der Waals surface area contributed by atoms with Crippen molar-refractivity contribution >= 4 is 11.9 Å². The Balaban J connectivity index is 4.74. The smallest absolute Gasteiger partial charge is 0.326 e. The molecule has 19 heavy (non-hydrogen) atoms. The number of rotatable bonds is 7. The fraction of sp³-hybridized carbons (Fsp3) is 0.857. The second-order valence-corrected chi connectivity index (χ2v) is 6.41. The zero-order chi connectivity index (χ0) is 15.2. The molecule has 0 aliphatic rings. The van der Waals surface area contributed by atoms with Crippen molar-refractivity contribution < 1.29 is 14.7 Å². The highest BCUT2D eigenvalue weighted by molar-refractivity contribution is 5.85. The monoisotopic (exact) mass is 272 g/mol. The first-order valence-corrected chi connectivity index (χ1v) is 6.85. The number of nitrogens with one attached hydrogen (secondary N) is 1. The molecular formula is C14H28N2O3. The van der Waals surface area contributed by atoms with Crippen molar-refractivity contribution in [3.05, 3.63) is 0 Å². The molecule has 0 aliphatic heterocycles. The number of amides is 1. The van der Waals surface area contributed by atoms with Crippen LogP contribution in [0.1, 0.15) is 47.5 Å². The third-order valence-electron chi connectivity index (χ3n) is 3.29. The molecule has 0 bridgehead atoms. The summed E-state index contributed by atoms with van der Waals surface area (Å²) >= 11 is 0. The van der Waals surface area contributed by atoms with Crippen LogP contribution in [0.5, 0.6) is 0 Å². The summed E-state index contributed by atoms with van der Waals surface area (Å²) < 4.78 is 0. The maximum Gasteiger partial charge on any atom is 0.326 e. The van der Waals surface area contributed by atoms with Gasteiger partial charge in [0.2, 0.25) is 5.91 Å². The molecule has 0 aromatic rings. The van der Waals surface area contributed by atoms with Crippen LogP contribution in [0.25, 0.3) is 0 Å². The van der Waals surface area contributed by atoms with E-state index in [2.05, 4.69) is 5.32 Å². The van der Waals surface area contributed by atoms with Gasteiger partial charge in [0.1, 0.15) is 6.04 Å². The van der Waals surface area contributed by atoms with Crippen molar-refractivity contribution in [2.75, 3.05) is 6.54 Å². The van der Waals surface area contributed by atoms with Crippen LogP contribution in [-0.4, -0.2) is 29.6 Å². The molecule has 0 saturated heterocycles. The third-order valence-corrected chi connectivity index (χ3v) is 3.29. The average Bonchev–Trinajstić information content (AvgIpc) is 2.30. The Morgan fingerprint density at radius 3 is 2.16 bits per heavy atom. The summed E-state index contributed by atoms with van der Waals surface area (Å²) in [6, 6.07) is -0.841. The minimum absolute atomic E-state index is 0.0174. The maximum atomic E-state index is 12.1. The van der Waals surface area contributed by atoms with E-state index in [-0.39, 0.29) is 29.7 Å². The molecule has 0 heterocycles. The summed E-state index contributed by atoms with van der Waals surface area (Å²) in [4.78, 5) is 23.3. The Hall–Kier alpha value is -1.10. The van der Waals surface area contributed by atoms with E-state index >= 15 is 0 Å². The van der Waals surface area contributed by atoms with E-state index in [0.29, 0.717) is 12.8 Å². The summed E-state index contributed by atoms with van der Waals surface area (Å²) in [7, 11) is 0. The van der Waals surface area contributed by atoms with E-state index in [4.69, 9.17) is 10.8 Å². The highest BCUT2D eigenvalue weighted by Gasteiger charge is 2.30. The van der Waals surface area contributed by atoms with Crippen LogP contribution >= 0.6 is 0 Å². The van der Waals surface area contributed by atoms with Crippen LogP contribution in [0.2, 0.25) is 0 Å². The van der Waals surface area contributed by atoms with Crippen molar-refractivity contribution in [1.29, 1.82) is 0 Å². The Morgan fingerprint density at radius 1 is 1.32 bits per heavy atom. The van der Waals surface area contributed by atoms with Crippen molar-refractivity contribution in [2.45, 2.75) is 53.5 Å². The number of carboxylic acid groups (broad SMARTS) is 1. The van der Waals surface area contributed by atoms with Gasteiger partial charge >= 0.3 is 5.97 Å². The van der Waals surface area contributed by atoms with Gasteiger partial charge in [0.25, 0.3) is 0 Å². The molecule has 0 saturated carbocycles. The molecule has 0 spiro atoms. The topological polar surface area (TPSA) is 92.4 Å². The molecule has 0 radical (unpaired) electrons. The highest BCUT2D eigenvalue weighted by Crippen LogP contribution is 2.24. The average molecular weight is 272 g/mol. The van der Waals surface area contributed by atoms with Crippen LogP contribution in [0.15, 0.2) is 0 Å². The second kappa shape index (κ2) is 7.48. The number of carbonyl (C=O) groups is 2. The number of aliphatic carboxylic acids is 1. The van der Waals surface area contributed by atoms with Crippen LogP contribution in [-0.2, 0) is 9.59 Å². The molecule has 5 heteroatoms. The standard InChI is InChI=1S/C14H28N2O3/c1-6-9(2)11(13(18)19)16-12(17)10(8-15)7-14(3,4)5/h9-11H,6-8,15H2,1-5H3,(H,16,17)(H,18,19)/t9-,10?,11-/m0/s1. The first kappa shape index (κ1) is 17.9. The lowest BCUT2D eigenvalue weighted by atomic mass is 9.84. The summed E-state index contributed by atoms with van der Waals surface area (Å²) in [5.74, 6) is -1.69. The minimum Gasteiger partial charge on any atom is -0.480 e. The molecule has 3 atom stereocenters. The lowest BCUT2D eigenvalue weighted by Crippen LogP contribution is -2.48. The molecule has 5 nitrogen and oxygen atoms in total. The molecule has 0 aromatic carbocycles. The highest BCUT2D eigenvalue weighted by atomic mass is 16.4. The fourth-order valence-corrected chi connectivity index (χ4v) is 1.98. The SMILES string of the molecule is CC[C@H](C)[C@H](NC(=O)C(CN)CC(C)(C)C)C(=O)O. The van der Waals surface area contributed by atoms with E-state index in [1.165, 1.54) is 0 Å². The molecular weight excluding hydrogens is 244 g/mol. The van der Waals surface area contributed by atoms with E-state index < -0.39 is 12.0 Å². The van der Waals surface area contributed by atoms with Gasteiger partial charge in [0.15, 0.2) is 0 Å². The van der Waals surface area contributed by atoms with Crippen LogP contribution in [0.3, 0.4) is 0 Å². The van der Waals surface area contributed by atoms with Gasteiger partial charge < -0.3 is 16.2 Å². The van der Waals surface area contributed by atoms with Crippen LogP contribution in [0.4, 0.5) is 0 Å². The molecule has 0 fully saturated rings. The van der Waals surface area contributed by atoms with Crippen molar-refractivity contribution in [2.24, 2.45) is 23.0 Å². The largest absolute Gasteiger partial charge is 0.480 e. The lowest BCUT2D eigenvalue weighted by molar-refractivity contribution is -0.144. The van der Waals surface area contributed by atoms with Crippen molar-refractivity contribution in [1.82, 2.24) is 5.32 Å². The van der Waals surface area contributed by atoms with Gasteiger partial charge in [0, 0.05) is 6.54 Å². The molecule has 0 aromatic heterocycles. The Kier molecular flexibility index (Phi) is 7.05. The molecule has 1 amide bonds. The number of hydrogen-bond acceptors (Lipinski definition) is 3. The van der Waals surface area contributed by atoms with Crippen molar-refractivity contribution in [3.63, 3.8) is 0 Å². The zero-order valence-corrected chi connectivity index (χ0v) is 12.7. The lowest BCUT2D eigenvalue weighted by Gasteiger charge is -2.27. The minimum atomic E-state index is -0.991. The zero-order valence-electron chi connectivity index (χ0n) is 12.7. The predicted molar refractivity (Wildman–Crippen MR) is 75.6 cm³/mol. The number of hydrogen-bond donors (Lipinski definition) is 3. The Bertz CT molecular complexity index is 310. The molecule has 1 unspecified atom stereocenters. The van der Waals surface area contributed by atoms with E-state index in [0.717, 1.165) is 0 Å². The van der Waals surface area contributed by atoms with Gasteiger partial charge in [-0.05, 0) is 17.8 Å². The quantitative estimate of drug-likeness (QED) is 0.656. The summed E-state index contributed by atoms with van der Waals surface area (Å²) in [5.41, 5.74) is 5.62. The summed E-state index contributed by atoms with van der Waals surface area (Å²) in [6.45, 7) is 10.1. The summed E-state index contributed by atoms with van der Waals surface area (Å²) in [5, 5.41) is 11.8. The van der Waals surface area contributed by atoms with E-state index in [1.807, 2.05) is 34.6 Å². The van der Waals surface area contributed by atoms with Gasteiger partial charge in [-0.2, -0.15) is 0 Å².